The molecule has 0 radical (unpaired) electrons. The highest BCUT2D eigenvalue weighted by Crippen LogP contribution is 2.20. The van der Waals surface area contributed by atoms with Crippen molar-refractivity contribution < 1.29 is 14.3 Å². The van der Waals surface area contributed by atoms with Crippen LogP contribution in [0.5, 0.6) is 5.75 Å². The third-order valence-corrected chi connectivity index (χ3v) is 5.35. The zero-order chi connectivity index (χ0) is 20.8. The third-order valence-electron chi connectivity index (χ3n) is 5.35. The first kappa shape index (κ1) is 20.9. The van der Waals surface area contributed by atoms with Crippen LogP contribution in [0.4, 0.5) is 0 Å². The van der Waals surface area contributed by atoms with Gasteiger partial charge in [0.2, 0.25) is 5.91 Å². The second-order valence-corrected chi connectivity index (χ2v) is 7.85. The van der Waals surface area contributed by atoms with Crippen LogP contribution in [0.25, 0.3) is 0 Å². The van der Waals surface area contributed by atoms with Gasteiger partial charge in [0.15, 0.2) is 6.10 Å². The van der Waals surface area contributed by atoms with Crippen LogP contribution in [0.1, 0.15) is 37.8 Å². The number of rotatable bonds is 6. The molecule has 0 aliphatic carbocycles. The Bertz CT molecular complexity index is 810. The summed E-state index contributed by atoms with van der Waals surface area (Å²) in [5.74, 6) is 1.24. The number of hydrogen-bond acceptors (Lipinski definition) is 3. The number of carbonyl (C=O) groups excluding carboxylic acids is 2. The number of nitrogens with zero attached hydrogens (tertiary/aromatic N) is 2. The monoisotopic (exact) mass is 394 g/mol. The van der Waals surface area contributed by atoms with Crippen molar-refractivity contribution in [2.45, 2.75) is 39.2 Å². The molecule has 1 unspecified atom stereocenters. The molecule has 1 fully saturated rings. The van der Waals surface area contributed by atoms with Crippen LogP contribution in [-0.4, -0.2) is 53.9 Å². The molecule has 3 rings (SSSR count). The molecule has 0 aromatic heterocycles. The van der Waals surface area contributed by atoms with Gasteiger partial charge in [-0.05, 0) is 36.1 Å². The van der Waals surface area contributed by atoms with E-state index in [2.05, 4.69) is 13.8 Å². The SMILES string of the molecule is CC(Oc1ccc(C(C)C)cc1)C(=O)N1CCN(C(=O)Cc2ccccc2)CC1. The van der Waals surface area contributed by atoms with Crippen LogP contribution in [0.15, 0.2) is 54.6 Å². The molecule has 5 heteroatoms. The van der Waals surface area contributed by atoms with Gasteiger partial charge in [0.1, 0.15) is 5.75 Å². The maximum Gasteiger partial charge on any atom is 0.263 e. The van der Waals surface area contributed by atoms with Gasteiger partial charge < -0.3 is 14.5 Å². The maximum atomic E-state index is 12.7. The highest BCUT2D eigenvalue weighted by Gasteiger charge is 2.27. The normalized spacial score (nSPS) is 15.3. The summed E-state index contributed by atoms with van der Waals surface area (Å²) >= 11 is 0. The molecule has 1 saturated heterocycles. The summed E-state index contributed by atoms with van der Waals surface area (Å²) in [5, 5.41) is 0. The van der Waals surface area contributed by atoms with E-state index in [0.717, 1.165) is 5.56 Å². The van der Waals surface area contributed by atoms with E-state index in [1.165, 1.54) is 5.56 Å². The van der Waals surface area contributed by atoms with Crippen molar-refractivity contribution in [1.82, 2.24) is 9.80 Å². The van der Waals surface area contributed by atoms with Crippen molar-refractivity contribution in [3.05, 3.63) is 65.7 Å². The predicted octanol–water partition coefficient (Wildman–Crippen LogP) is 3.49. The first-order chi connectivity index (χ1) is 13.9. The first-order valence-corrected chi connectivity index (χ1v) is 10.3. The number of ether oxygens (including phenoxy) is 1. The number of carbonyl (C=O) groups is 2. The standard InChI is InChI=1S/C24H30N2O3/c1-18(2)21-9-11-22(12-10-21)29-19(3)24(28)26-15-13-25(14-16-26)23(27)17-20-7-5-4-6-8-20/h4-12,18-19H,13-17H2,1-3H3. The topological polar surface area (TPSA) is 49.9 Å². The van der Waals surface area contributed by atoms with Crippen molar-refractivity contribution in [2.75, 3.05) is 26.2 Å². The van der Waals surface area contributed by atoms with Crippen molar-refractivity contribution in [3.63, 3.8) is 0 Å². The molecule has 1 aliphatic rings. The fourth-order valence-corrected chi connectivity index (χ4v) is 3.50. The van der Waals surface area contributed by atoms with E-state index < -0.39 is 6.10 Å². The Hall–Kier alpha value is -2.82. The Labute approximate surface area is 173 Å². The largest absolute Gasteiger partial charge is 0.481 e. The lowest BCUT2D eigenvalue weighted by Gasteiger charge is -2.36. The summed E-state index contributed by atoms with van der Waals surface area (Å²) in [5.41, 5.74) is 2.26. The zero-order valence-electron chi connectivity index (χ0n) is 17.5. The average Bonchev–Trinajstić information content (AvgIpc) is 2.74. The lowest BCUT2D eigenvalue weighted by molar-refractivity contribution is -0.143. The molecule has 1 heterocycles. The summed E-state index contributed by atoms with van der Waals surface area (Å²) in [4.78, 5) is 28.9. The second-order valence-electron chi connectivity index (χ2n) is 7.85. The fraction of sp³-hybridized carbons (Fsp3) is 0.417. The molecule has 0 saturated carbocycles. The minimum absolute atomic E-state index is 0.0342. The fourth-order valence-electron chi connectivity index (χ4n) is 3.50. The molecular weight excluding hydrogens is 364 g/mol. The molecular formula is C24H30N2O3. The summed E-state index contributed by atoms with van der Waals surface area (Å²) in [6.07, 6.45) is -0.146. The number of hydrogen-bond donors (Lipinski definition) is 0. The van der Waals surface area contributed by atoms with Crippen LogP contribution < -0.4 is 4.74 Å². The van der Waals surface area contributed by atoms with Crippen LogP contribution in [0, 0.1) is 0 Å². The van der Waals surface area contributed by atoms with Gasteiger partial charge in [0.05, 0.1) is 6.42 Å². The molecule has 5 nitrogen and oxygen atoms in total. The Kier molecular flexibility index (Phi) is 6.91. The van der Waals surface area contributed by atoms with Crippen LogP contribution >= 0.6 is 0 Å². The quantitative estimate of drug-likeness (QED) is 0.754. The molecule has 2 aromatic carbocycles. The molecule has 2 amide bonds. The lowest BCUT2D eigenvalue weighted by Crippen LogP contribution is -2.53. The van der Waals surface area contributed by atoms with Crippen molar-refractivity contribution in [2.24, 2.45) is 0 Å². The van der Waals surface area contributed by atoms with Gasteiger partial charge in [-0.25, -0.2) is 0 Å². The van der Waals surface area contributed by atoms with Crippen molar-refractivity contribution >= 4 is 11.8 Å². The Morgan fingerprint density at radius 1 is 0.862 bits per heavy atom. The highest BCUT2D eigenvalue weighted by molar-refractivity contribution is 5.82. The number of benzene rings is 2. The highest BCUT2D eigenvalue weighted by atomic mass is 16.5. The third kappa shape index (κ3) is 5.59. The van der Waals surface area contributed by atoms with Gasteiger partial charge >= 0.3 is 0 Å². The van der Waals surface area contributed by atoms with Crippen molar-refractivity contribution in [3.8, 4) is 5.75 Å². The maximum absolute atomic E-state index is 12.7. The van der Waals surface area contributed by atoms with E-state index in [4.69, 9.17) is 4.74 Å². The van der Waals surface area contributed by atoms with Gasteiger partial charge in [0, 0.05) is 26.2 Å². The van der Waals surface area contributed by atoms with E-state index in [9.17, 15) is 9.59 Å². The van der Waals surface area contributed by atoms with Crippen LogP contribution in [0.3, 0.4) is 0 Å². The van der Waals surface area contributed by atoms with Gasteiger partial charge in [-0.3, -0.25) is 9.59 Å². The number of amides is 2. The molecule has 0 N–H and O–H groups in total. The minimum Gasteiger partial charge on any atom is -0.481 e. The van der Waals surface area contributed by atoms with Crippen LogP contribution in [0.2, 0.25) is 0 Å². The molecule has 2 aromatic rings. The summed E-state index contributed by atoms with van der Waals surface area (Å²) in [7, 11) is 0. The van der Waals surface area contributed by atoms with Crippen LogP contribution in [-0.2, 0) is 16.0 Å². The van der Waals surface area contributed by atoms with E-state index in [-0.39, 0.29) is 11.8 Å². The second kappa shape index (κ2) is 9.59. The van der Waals surface area contributed by atoms with E-state index in [1.807, 2.05) is 59.5 Å². The van der Waals surface area contributed by atoms with Crippen molar-refractivity contribution in [1.29, 1.82) is 0 Å². The minimum atomic E-state index is -0.550. The summed E-state index contributed by atoms with van der Waals surface area (Å²) in [6.45, 7) is 8.28. The molecule has 1 atom stereocenters. The van der Waals surface area contributed by atoms with E-state index in [1.54, 1.807) is 11.8 Å². The Morgan fingerprint density at radius 2 is 1.45 bits per heavy atom. The average molecular weight is 395 g/mol. The Morgan fingerprint density at radius 3 is 2.03 bits per heavy atom. The van der Waals surface area contributed by atoms with Gasteiger partial charge in [0.25, 0.3) is 5.91 Å². The van der Waals surface area contributed by atoms with Gasteiger partial charge in [-0.15, -0.1) is 0 Å². The van der Waals surface area contributed by atoms with E-state index >= 15 is 0 Å². The summed E-state index contributed by atoms with van der Waals surface area (Å²) in [6, 6.07) is 17.7. The Balaban J connectivity index is 1.48. The van der Waals surface area contributed by atoms with Gasteiger partial charge in [-0.1, -0.05) is 56.3 Å². The first-order valence-electron chi connectivity index (χ1n) is 10.3. The smallest absolute Gasteiger partial charge is 0.263 e. The lowest BCUT2D eigenvalue weighted by atomic mass is 10.0. The molecule has 154 valence electrons. The zero-order valence-corrected chi connectivity index (χ0v) is 17.5. The molecule has 1 aliphatic heterocycles. The molecule has 0 bridgehead atoms. The van der Waals surface area contributed by atoms with Gasteiger partial charge in [-0.2, -0.15) is 0 Å². The molecule has 0 spiro atoms. The predicted molar refractivity (Wildman–Crippen MR) is 114 cm³/mol. The summed E-state index contributed by atoms with van der Waals surface area (Å²) < 4.78 is 5.85. The molecule has 29 heavy (non-hydrogen) atoms. The number of piperazine rings is 1. The van der Waals surface area contributed by atoms with E-state index in [0.29, 0.717) is 44.3 Å².